The number of fused-ring (bicyclic) bond motifs is 1. The number of hydrogen-bond acceptors (Lipinski definition) is 3. The Balaban J connectivity index is 1.87. The number of halogens is 1. The molecule has 1 aromatic heterocycles. The quantitative estimate of drug-likeness (QED) is 0.560. The van der Waals surface area contributed by atoms with E-state index in [1.165, 1.54) is 5.56 Å². The Kier molecular flexibility index (Phi) is 3.81. The Morgan fingerprint density at radius 2 is 1.95 bits per heavy atom. The number of nitrogens with two attached hydrogens (primary N) is 1. The van der Waals surface area contributed by atoms with Gasteiger partial charge in [0.2, 0.25) is 0 Å². The number of hydrogen-bond donors (Lipinski definition) is 1. The first-order valence-corrected chi connectivity index (χ1v) is 7.61. The number of rotatable bonds is 3. The zero-order valence-electron chi connectivity index (χ0n) is 10.7. The van der Waals surface area contributed by atoms with Crippen molar-refractivity contribution in [2.24, 2.45) is 0 Å². The average molecular weight is 301 g/mol. The summed E-state index contributed by atoms with van der Waals surface area (Å²) >= 11 is 7.89. The number of anilines is 1. The Morgan fingerprint density at radius 1 is 1.10 bits per heavy atom. The molecule has 1 heterocycles. The number of nitrogens with zero attached hydrogens (tertiary/aromatic N) is 1. The molecule has 0 saturated heterocycles. The van der Waals surface area contributed by atoms with Crippen LogP contribution in [0.1, 0.15) is 5.56 Å². The maximum absolute atomic E-state index is 6.20. The molecule has 0 spiro atoms. The molecule has 0 aliphatic heterocycles. The first-order valence-electron chi connectivity index (χ1n) is 6.24. The average Bonchev–Trinajstić information content (AvgIpc) is 2.46. The summed E-state index contributed by atoms with van der Waals surface area (Å²) in [6.45, 7) is 0. The third-order valence-corrected chi connectivity index (χ3v) is 4.60. The monoisotopic (exact) mass is 300 g/mol. The second-order valence-corrected chi connectivity index (χ2v) is 5.90. The summed E-state index contributed by atoms with van der Waals surface area (Å²) in [5, 5.41) is 1.86. The highest BCUT2D eigenvalue weighted by molar-refractivity contribution is 7.98. The maximum atomic E-state index is 6.20. The van der Waals surface area contributed by atoms with Gasteiger partial charge in [0.15, 0.2) is 0 Å². The SMILES string of the molecule is Nc1ccc(SCc2cccc3cccnc23)c(Cl)c1. The Morgan fingerprint density at radius 3 is 2.80 bits per heavy atom. The molecule has 4 heteroatoms. The molecule has 0 amide bonds. The normalized spacial score (nSPS) is 10.8. The van der Waals surface area contributed by atoms with E-state index < -0.39 is 0 Å². The summed E-state index contributed by atoms with van der Waals surface area (Å²) < 4.78 is 0. The number of pyridine rings is 1. The predicted molar refractivity (Wildman–Crippen MR) is 87.2 cm³/mol. The van der Waals surface area contributed by atoms with Crippen molar-refractivity contribution in [1.82, 2.24) is 4.98 Å². The van der Waals surface area contributed by atoms with Crippen LogP contribution in [0, 0.1) is 0 Å². The Hall–Kier alpha value is -1.71. The van der Waals surface area contributed by atoms with Gasteiger partial charge in [0.25, 0.3) is 0 Å². The summed E-state index contributed by atoms with van der Waals surface area (Å²) in [7, 11) is 0. The molecular weight excluding hydrogens is 288 g/mol. The third-order valence-electron chi connectivity index (χ3n) is 3.06. The van der Waals surface area contributed by atoms with Crippen LogP contribution in [-0.2, 0) is 5.75 Å². The molecule has 2 aromatic carbocycles. The van der Waals surface area contributed by atoms with Crippen LogP contribution in [0.4, 0.5) is 5.69 Å². The minimum atomic E-state index is 0.686. The second kappa shape index (κ2) is 5.73. The van der Waals surface area contributed by atoms with Crippen LogP contribution in [0.5, 0.6) is 0 Å². The van der Waals surface area contributed by atoms with Crippen LogP contribution in [0.15, 0.2) is 59.6 Å². The molecule has 0 atom stereocenters. The Labute approximate surface area is 127 Å². The van der Waals surface area contributed by atoms with Crippen LogP contribution in [0.25, 0.3) is 10.9 Å². The van der Waals surface area contributed by atoms with E-state index >= 15 is 0 Å². The van der Waals surface area contributed by atoms with E-state index in [0.717, 1.165) is 21.6 Å². The molecule has 2 N–H and O–H groups in total. The highest BCUT2D eigenvalue weighted by Crippen LogP contribution is 2.32. The summed E-state index contributed by atoms with van der Waals surface area (Å²) in [6.07, 6.45) is 1.83. The molecule has 0 aliphatic rings. The van der Waals surface area contributed by atoms with Crippen LogP contribution < -0.4 is 5.73 Å². The minimum absolute atomic E-state index is 0.686. The van der Waals surface area contributed by atoms with Crippen LogP contribution >= 0.6 is 23.4 Å². The summed E-state index contributed by atoms with van der Waals surface area (Å²) in [6, 6.07) is 15.9. The van der Waals surface area contributed by atoms with Gasteiger partial charge in [-0.1, -0.05) is 35.9 Å². The van der Waals surface area contributed by atoms with Crippen molar-refractivity contribution >= 4 is 40.0 Å². The lowest BCUT2D eigenvalue weighted by molar-refractivity contribution is 1.34. The summed E-state index contributed by atoms with van der Waals surface area (Å²) in [5.74, 6) is 0.831. The van der Waals surface area contributed by atoms with Gasteiger partial charge in [-0.15, -0.1) is 11.8 Å². The smallest absolute Gasteiger partial charge is 0.0742 e. The zero-order chi connectivity index (χ0) is 13.9. The fourth-order valence-electron chi connectivity index (χ4n) is 2.07. The van der Waals surface area contributed by atoms with Crippen molar-refractivity contribution in [3.8, 4) is 0 Å². The number of aromatic nitrogens is 1. The van der Waals surface area contributed by atoms with E-state index in [0.29, 0.717) is 10.7 Å². The molecule has 0 fully saturated rings. The fraction of sp³-hybridized carbons (Fsp3) is 0.0625. The number of nitrogen functional groups attached to an aromatic ring is 1. The van der Waals surface area contributed by atoms with E-state index in [4.69, 9.17) is 17.3 Å². The number of benzene rings is 2. The van der Waals surface area contributed by atoms with Crippen molar-refractivity contribution in [1.29, 1.82) is 0 Å². The molecule has 3 rings (SSSR count). The summed E-state index contributed by atoms with van der Waals surface area (Å²) in [4.78, 5) is 5.50. The van der Waals surface area contributed by atoms with Gasteiger partial charge in [0.1, 0.15) is 0 Å². The van der Waals surface area contributed by atoms with Gasteiger partial charge >= 0.3 is 0 Å². The molecule has 3 aromatic rings. The molecule has 0 radical (unpaired) electrons. The van der Waals surface area contributed by atoms with Gasteiger partial charge < -0.3 is 5.73 Å². The first kappa shape index (κ1) is 13.3. The molecule has 2 nitrogen and oxygen atoms in total. The molecule has 0 saturated carbocycles. The van der Waals surface area contributed by atoms with Gasteiger partial charge in [-0.05, 0) is 29.8 Å². The fourth-order valence-corrected chi connectivity index (χ4v) is 3.33. The van der Waals surface area contributed by atoms with E-state index in [9.17, 15) is 0 Å². The van der Waals surface area contributed by atoms with Gasteiger partial charge in [0.05, 0.1) is 10.5 Å². The molecule has 20 heavy (non-hydrogen) atoms. The van der Waals surface area contributed by atoms with Crippen molar-refractivity contribution < 1.29 is 0 Å². The predicted octanol–water partition coefficient (Wildman–Crippen LogP) is 4.76. The Bertz CT molecular complexity index is 753. The molecule has 0 aliphatic carbocycles. The van der Waals surface area contributed by atoms with Gasteiger partial charge in [-0.3, -0.25) is 4.98 Å². The molecule has 100 valence electrons. The van der Waals surface area contributed by atoms with Gasteiger partial charge in [0, 0.05) is 27.9 Å². The lowest BCUT2D eigenvalue weighted by Gasteiger charge is -2.07. The maximum Gasteiger partial charge on any atom is 0.0742 e. The second-order valence-electron chi connectivity index (χ2n) is 4.47. The molecule has 0 unspecified atom stereocenters. The number of para-hydroxylation sites is 1. The van der Waals surface area contributed by atoms with Crippen LogP contribution in [0.3, 0.4) is 0 Å². The van der Waals surface area contributed by atoms with Crippen molar-refractivity contribution in [2.75, 3.05) is 5.73 Å². The third kappa shape index (κ3) is 2.74. The number of thioether (sulfide) groups is 1. The highest BCUT2D eigenvalue weighted by Gasteiger charge is 2.05. The molecule has 0 bridgehead atoms. The van der Waals surface area contributed by atoms with Crippen LogP contribution in [0.2, 0.25) is 5.02 Å². The van der Waals surface area contributed by atoms with E-state index in [-0.39, 0.29) is 0 Å². The van der Waals surface area contributed by atoms with Crippen molar-refractivity contribution in [3.05, 3.63) is 65.3 Å². The standard InChI is InChI=1S/C16H13ClN2S/c17-14-9-13(18)6-7-15(14)20-10-12-4-1-3-11-5-2-8-19-16(11)12/h1-9H,10,18H2. The van der Waals surface area contributed by atoms with Crippen LogP contribution in [-0.4, -0.2) is 4.98 Å². The largest absolute Gasteiger partial charge is 0.399 e. The highest BCUT2D eigenvalue weighted by atomic mass is 35.5. The lowest BCUT2D eigenvalue weighted by Crippen LogP contribution is -1.88. The summed E-state index contributed by atoms with van der Waals surface area (Å²) in [5.41, 5.74) is 8.65. The van der Waals surface area contributed by atoms with E-state index in [1.54, 1.807) is 17.8 Å². The van der Waals surface area contributed by atoms with Gasteiger partial charge in [-0.2, -0.15) is 0 Å². The zero-order valence-corrected chi connectivity index (χ0v) is 12.3. The minimum Gasteiger partial charge on any atom is -0.399 e. The van der Waals surface area contributed by atoms with Crippen molar-refractivity contribution in [2.45, 2.75) is 10.6 Å². The van der Waals surface area contributed by atoms with Crippen molar-refractivity contribution in [3.63, 3.8) is 0 Å². The van der Waals surface area contributed by atoms with E-state index in [2.05, 4.69) is 29.2 Å². The topological polar surface area (TPSA) is 38.9 Å². The van der Waals surface area contributed by atoms with E-state index in [1.807, 2.05) is 24.4 Å². The van der Waals surface area contributed by atoms with Gasteiger partial charge in [-0.25, -0.2) is 0 Å². The lowest BCUT2D eigenvalue weighted by atomic mass is 10.1. The first-order chi connectivity index (χ1) is 9.74. The molecular formula is C16H13ClN2S.